The minimum Gasteiger partial charge on any atom is -0.484 e. The molecule has 2 aromatic rings. The molecule has 5 nitrogen and oxygen atoms in total. The van der Waals surface area contributed by atoms with Gasteiger partial charge in [-0.2, -0.15) is 0 Å². The lowest BCUT2D eigenvalue weighted by molar-refractivity contribution is -0.134. The maximum absolute atomic E-state index is 13.9. The van der Waals surface area contributed by atoms with Crippen molar-refractivity contribution in [1.82, 2.24) is 9.80 Å². The average Bonchev–Trinajstić information content (AvgIpc) is 2.70. The van der Waals surface area contributed by atoms with Gasteiger partial charge >= 0.3 is 0 Å². The molecule has 3 rings (SSSR count). The van der Waals surface area contributed by atoms with E-state index in [4.69, 9.17) is 27.9 Å². The molecule has 0 aliphatic carbocycles. The van der Waals surface area contributed by atoms with E-state index in [2.05, 4.69) is 0 Å². The zero-order chi connectivity index (χ0) is 20.3. The number of nitrogens with zero attached hydrogens (tertiary/aromatic N) is 2. The molecule has 0 aromatic heterocycles. The predicted molar refractivity (Wildman–Crippen MR) is 101 cm³/mol. The molecule has 2 aromatic carbocycles. The van der Waals surface area contributed by atoms with Gasteiger partial charge in [-0.25, -0.2) is 8.78 Å². The Bertz CT molecular complexity index is 903. The van der Waals surface area contributed by atoms with E-state index in [-0.39, 0.29) is 47.0 Å². The van der Waals surface area contributed by atoms with Crippen molar-refractivity contribution in [3.8, 4) is 5.75 Å². The van der Waals surface area contributed by atoms with Crippen molar-refractivity contribution in [1.29, 1.82) is 0 Å². The lowest BCUT2D eigenvalue weighted by Crippen LogP contribution is -2.51. The van der Waals surface area contributed by atoms with Crippen molar-refractivity contribution in [2.24, 2.45) is 0 Å². The van der Waals surface area contributed by atoms with Gasteiger partial charge in [-0.3, -0.25) is 9.59 Å². The van der Waals surface area contributed by atoms with Crippen LogP contribution in [0.1, 0.15) is 10.4 Å². The number of carbonyl (C=O) groups excluding carboxylic acids is 2. The second-order valence-electron chi connectivity index (χ2n) is 6.16. The number of amides is 2. The molecule has 148 valence electrons. The van der Waals surface area contributed by atoms with Gasteiger partial charge in [0.05, 0.1) is 10.6 Å². The molecular weight excluding hydrogens is 413 g/mol. The molecule has 9 heteroatoms. The Morgan fingerprint density at radius 3 is 2.25 bits per heavy atom. The summed E-state index contributed by atoms with van der Waals surface area (Å²) in [6, 6.07) is 7.64. The van der Waals surface area contributed by atoms with Gasteiger partial charge in [-0.1, -0.05) is 23.2 Å². The van der Waals surface area contributed by atoms with Gasteiger partial charge in [0.25, 0.3) is 11.8 Å². The third-order valence-corrected chi connectivity index (χ3v) is 4.86. The molecule has 0 N–H and O–H groups in total. The third-order valence-electron chi connectivity index (χ3n) is 4.33. The number of rotatable bonds is 4. The zero-order valence-electron chi connectivity index (χ0n) is 14.6. The van der Waals surface area contributed by atoms with Crippen LogP contribution in [0.5, 0.6) is 5.75 Å². The molecule has 1 fully saturated rings. The van der Waals surface area contributed by atoms with Crippen LogP contribution in [-0.2, 0) is 4.79 Å². The van der Waals surface area contributed by atoms with Crippen LogP contribution < -0.4 is 4.74 Å². The SMILES string of the molecule is O=C(COc1ccc(F)c(Cl)c1)N1CCN(C(=O)c2cc(Cl)ccc2F)CC1. The van der Waals surface area contributed by atoms with E-state index >= 15 is 0 Å². The first-order valence-electron chi connectivity index (χ1n) is 8.45. The molecule has 1 heterocycles. The Hall–Kier alpha value is -2.38. The Labute approximate surface area is 170 Å². The highest BCUT2D eigenvalue weighted by Crippen LogP contribution is 2.21. The summed E-state index contributed by atoms with van der Waals surface area (Å²) in [5.41, 5.74) is -0.0937. The van der Waals surface area contributed by atoms with Crippen LogP contribution >= 0.6 is 23.2 Å². The van der Waals surface area contributed by atoms with Gasteiger partial charge in [0.1, 0.15) is 17.4 Å². The van der Waals surface area contributed by atoms with E-state index in [1.807, 2.05) is 0 Å². The lowest BCUT2D eigenvalue weighted by Gasteiger charge is -2.34. The van der Waals surface area contributed by atoms with Gasteiger partial charge in [0, 0.05) is 37.3 Å². The summed E-state index contributed by atoms with van der Waals surface area (Å²) in [7, 11) is 0. The first-order valence-corrected chi connectivity index (χ1v) is 9.20. The highest BCUT2D eigenvalue weighted by Gasteiger charge is 2.26. The molecule has 0 unspecified atom stereocenters. The number of ether oxygens (including phenoxy) is 1. The van der Waals surface area contributed by atoms with Gasteiger partial charge < -0.3 is 14.5 Å². The van der Waals surface area contributed by atoms with Crippen LogP contribution in [0.4, 0.5) is 8.78 Å². The van der Waals surface area contributed by atoms with E-state index in [1.165, 1.54) is 29.2 Å². The van der Waals surface area contributed by atoms with E-state index in [0.29, 0.717) is 13.1 Å². The van der Waals surface area contributed by atoms with Crippen LogP contribution in [0.25, 0.3) is 0 Å². The van der Waals surface area contributed by atoms with Crippen molar-refractivity contribution in [3.05, 3.63) is 63.6 Å². The second-order valence-corrected chi connectivity index (χ2v) is 7.01. The summed E-state index contributed by atoms with van der Waals surface area (Å²) in [4.78, 5) is 27.8. The van der Waals surface area contributed by atoms with Crippen LogP contribution in [0, 0.1) is 11.6 Å². The number of benzene rings is 2. The summed E-state index contributed by atoms with van der Waals surface area (Å²) in [5, 5.41) is 0.182. The van der Waals surface area contributed by atoms with Crippen LogP contribution in [-0.4, -0.2) is 54.4 Å². The largest absolute Gasteiger partial charge is 0.484 e. The fraction of sp³-hybridized carbons (Fsp3) is 0.263. The topological polar surface area (TPSA) is 49.9 Å². The molecule has 0 spiro atoms. The van der Waals surface area contributed by atoms with Crippen LogP contribution in [0.3, 0.4) is 0 Å². The molecule has 0 bridgehead atoms. The maximum Gasteiger partial charge on any atom is 0.260 e. The van der Waals surface area contributed by atoms with Gasteiger partial charge in [-0.15, -0.1) is 0 Å². The fourth-order valence-electron chi connectivity index (χ4n) is 2.79. The Morgan fingerprint density at radius 1 is 0.929 bits per heavy atom. The van der Waals surface area contributed by atoms with Crippen molar-refractivity contribution in [2.45, 2.75) is 0 Å². The highest BCUT2D eigenvalue weighted by atomic mass is 35.5. The summed E-state index contributed by atoms with van der Waals surface area (Å²) in [6.07, 6.45) is 0. The molecule has 0 radical (unpaired) electrons. The number of halogens is 4. The minimum atomic E-state index is -0.640. The molecular formula is C19H16Cl2F2N2O3. The summed E-state index contributed by atoms with van der Waals surface area (Å²) in [5.74, 6) is -1.67. The van der Waals surface area contributed by atoms with Gasteiger partial charge in [0.2, 0.25) is 0 Å². The molecule has 0 atom stereocenters. The summed E-state index contributed by atoms with van der Waals surface area (Å²) < 4.78 is 32.4. The van der Waals surface area contributed by atoms with Gasteiger partial charge in [0.15, 0.2) is 6.61 Å². The molecule has 1 aliphatic rings. The van der Waals surface area contributed by atoms with Crippen LogP contribution in [0.2, 0.25) is 10.0 Å². The fourth-order valence-corrected chi connectivity index (χ4v) is 3.14. The summed E-state index contributed by atoms with van der Waals surface area (Å²) in [6.45, 7) is 0.872. The predicted octanol–water partition coefficient (Wildman–Crippen LogP) is 3.64. The Balaban J connectivity index is 1.53. The Kier molecular flexibility index (Phi) is 6.36. The highest BCUT2D eigenvalue weighted by molar-refractivity contribution is 6.31. The van der Waals surface area contributed by atoms with E-state index in [0.717, 1.165) is 12.1 Å². The van der Waals surface area contributed by atoms with Crippen molar-refractivity contribution in [2.75, 3.05) is 32.8 Å². The monoisotopic (exact) mass is 428 g/mol. The third kappa shape index (κ3) is 4.72. The average molecular weight is 429 g/mol. The second kappa shape index (κ2) is 8.75. The normalized spacial score (nSPS) is 14.1. The van der Waals surface area contributed by atoms with Crippen molar-refractivity contribution < 1.29 is 23.1 Å². The molecule has 1 saturated heterocycles. The first-order chi connectivity index (χ1) is 13.3. The smallest absolute Gasteiger partial charge is 0.260 e. The van der Waals surface area contributed by atoms with Gasteiger partial charge in [-0.05, 0) is 30.3 Å². The molecule has 28 heavy (non-hydrogen) atoms. The minimum absolute atomic E-state index is 0.0923. The van der Waals surface area contributed by atoms with E-state index < -0.39 is 17.5 Å². The zero-order valence-corrected chi connectivity index (χ0v) is 16.1. The number of hydrogen-bond donors (Lipinski definition) is 0. The lowest BCUT2D eigenvalue weighted by atomic mass is 10.1. The maximum atomic E-state index is 13.9. The summed E-state index contributed by atoms with van der Waals surface area (Å²) >= 11 is 11.5. The van der Waals surface area contributed by atoms with E-state index in [1.54, 1.807) is 4.90 Å². The quantitative estimate of drug-likeness (QED) is 0.746. The van der Waals surface area contributed by atoms with E-state index in [9.17, 15) is 18.4 Å². The number of carbonyl (C=O) groups is 2. The van der Waals surface area contributed by atoms with Crippen molar-refractivity contribution >= 4 is 35.0 Å². The van der Waals surface area contributed by atoms with Crippen LogP contribution in [0.15, 0.2) is 36.4 Å². The number of piperazine rings is 1. The number of hydrogen-bond acceptors (Lipinski definition) is 3. The molecule has 2 amide bonds. The van der Waals surface area contributed by atoms with Crippen molar-refractivity contribution in [3.63, 3.8) is 0 Å². The molecule has 0 saturated carbocycles. The first kappa shape index (κ1) is 20.4. The standard InChI is InChI=1S/C19H16Cl2F2N2O3/c20-12-1-3-16(22)14(9-12)19(27)25-7-5-24(6-8-25)18(26)11-28-13-2-4-17(23)15(21)10-13/h1-4,9-10H,5-8,11H2. The molecule has 1 aliphatic heterocycles. The Morgan fingerprint density at radius 2 is 1.57 bits per heavy atom.